The van der Waals surface area contributed by atoms with Gasteiger partial charge in [0.2, 0.25) is 0 Å². The van der Waals surface area contributed by atoms with Crippen molar-refractivity contribution in [3.63, 3.8) is 0 Å². The molecule has 0 spiro atoms. The molecule has 5 rings (SSSR count). The minimum atomic E-state index is -2.83. The van der Waals surface area contributed by atoms with Crippen molar-refractivity contribution in [3.05, 3.63) is 109 Å². The first-order chi connectivity index (χ1) is 18.6. The Morgan fingerprint density at radius 2 is 1.36 bits per heavy atom. The van der Waals surface area contributed by atoms with Crippen molar-refractivity contribution in [2.45, 2.75) is 76.1 Å². The number of ether oxygens (including phenoxy) is 4. The van der Waals surface area contributed by atoms with E-state index >= 15 is 0 Å². The molecule has 0 amide bonds. The highest BCUT2D eigenvalue weighted by Crippen LogP contribution is 2.46. The van der Waals surface area contributed by atoms with Gasteiger partial charge in [0, 0.05) is 0 Å². The molecule has 2 saturated heterocycles. The minimum Gasteiger partial charge on any atom is -0.404 e. The third-order valence-corrected chi connectivity index (χ3v) is 12.7. The van der Waals surface area contributed by atoms with Gasteiger partial charge in [-0.15, -0.1) is 6.58 Å². The smallest absolute Gasteiger partial charge is 0.261 e. The molecule has 0 aromatic heterocycles. The van der Waals surface area contributed by atoms with Crippen LogP contribution in [-0.2, 0) is 30.0 Å². The molecule has 6 heteroatoms. The highest BCUT2D eigenvalue weighted by molar-refractivity contribution is 6.99. The van der Waals surface area contributed by atoms with Gasteiger partial charge in [-0.3, -0.25) is 0 Å². The monoisotopic (exact) mass is 544 g/mol. The molecule has 0 saturated carbocycles. The Balaban J connectivity index is 1.53. The van der Waals surface area contributed by atoms with Gasteiger partial charge in [0.05, 0.1) is 13.2 Å². The molecule has 2 fully saturated rings. The predicted molar refractivity (Wildman–Crippen MR) is 156 cm³/mol. The van der Waals surface area contributed by atoms with Crippen LogP contribution in [0.3, 0.4) is 0 Å². The molecule has 2 aliphatic heterocycles. The van der Waals surface area contributed by atoms with Crippen LogP contribution >= 0.6 is 0 Å². The predicted octanol–water partition coefficient (Wildman–Crippen LogP) is 5.58. The van der Waals surface area contributed by atoms with E-state index in [1.54, 1.807) is 0 Å². The van der Waals surface area contributed by atoms with Gasteiger partial charge in [-0.2, -0.15) is 0 Å². The SMILES string of the molecule is C=CC1(CO[Si](c2ccccc2)(c2ccccc2)C(C)(C)C)OC2OC(C)(C)OC2C1OCc1ccccc1. The van der Waals surface area contributed by atoms with Crippen LogP contribution in [0.2, 0.25) is 5.04 Å². The summed E-state index contributed by atoms with van der Waals surface area (Å²) in [6.45, 7) is 15.5. The molecule has 4 unspecified atom stereocenters. The number of fused-ring (bicyclic) bond motifs is 1. The van der Waals surface area contributed by atoms with Gasteiger partial charge in [0.15, 0.2) is 12.1 Å². The second-order valence-corrected chi connectivity index (χ2v) is 16.2. The van der Waals surface area contributed by atoms with Crippen LogP contribution in [0.15, 0.2) is 104 Å². The molecule has 0 bridgehead atoms. The molecule has 3 aromatic rings. The van der Waals surface area contributed by atoms with Crippen LogP contribution in [0.4, 0.5) is 0 Å². The lowest BCUT2D eigenvalue weighted by atomic mass is 9.96. The van der Waals surface area contributed by atoms with Gasteiger partial charge in [0.25, 0.3) is 8.32 Å². The fourth-order valence-corrected chi connectivity index (χ4v) is 10.5. The zero-order valence-corrected chi connectivity index (χ0v) is 24.6. The average molecular weight is 545 g/mol. The summed E-state index contributed by atoms with van der Waals surface area (Å²) < 4.78 is 33.0. The highest BCUT2D eigenvalue weighted by atomic mass is 28.4. The highest BCUT2D eigenvalue weighted by Gasteiger charge is 2.63. The van der Waals surface area contributed by atoms with E-state index in [0.29, 0.717) is 6.61 Å². The molecule has 0 aliphatic carbocycles. The molecule has 4 atom stereocenters. The summed E-state index contributed by atoms with van der Waals surface area (Å²) in [7, 11) is -2.83. The Bertz CT molecular complexity index is 1200. The fraction of sp³-hybridized carbons (Fsp3) is 0.394. The summed E-state index contributed by atoms with van der Waals surface area (Å²) in [5.74, 6) is -0.768. The van der Waals surface area contributed by atoms with E-state index in [-0.39, 0.29) is 11.6 Å². The zero-order valence-electron chi connectivity index (χ0n) is 23.6. The third kappa shape index (κ3) is 5.30. The number of benzene rings is 3. The first-order valence-corrected chi connectivity index (χ1v) is 15.6. The molecule has 206 valence electrons. The van der Waals surface area contributed by atoms with Crippen molar-refractivity contribution in [1.29, 1.82) is 0 Å². The number of hydrogen-bond acceptors (Lipinski definition) is 5. The Morgan fingerprint density at radius 1 is 0.821 bits per heavy atom. The molecule has 2 heterocycles. The molecule has 39 heavy (non-hydrogen) atoms. The second-order valence-electron chi connectivity index (χ2n) is 11.9. The van der Waals surface area contributed by atoms with Crippen LogP contribution in [0.1, 0.15) is 40.2 Å². The maximum Gasteiger partial charge on any atom is 0.261 e. The van der Waals surface area contributed by atoms with Gasteiger partial charge in [-0.1, -0.05) is 118 Å². The molecular weight excluding hydrogens is 504 g/mol. The molecule has 0 N–H and O–H groups in total. The molecule has 2 aliphatic rings. The molecule has 5 nitrogen and oxygen atoms in total. The maximum atomic E-state index is 7.30. The van der Waals surface area contributed by atoms with Gasteiger partial charge >= 0.3 is 0 Å². The zero-order chi connectivity index (χ0) is 27.7. The topological polar surface area (TPSA) is 46.2 Å². The lowest BCUT2D eigenvalue weighted by Crippen LogP contribution is -2.68. The molecular formula is C33H40O5Si. The fourth-order valence-electron chi connectivity index (χ4n) is 5.93. The standard InChI is InChI=1S/C33H40O5Si/c1-7-33(29(34-23-25-17-11-8-12-18-25)28-30(38-33)37-32(5,6)36-28)24-35-39(31(2,3)4,26-19-13-9-14-20-26)27-21-15-10-16-22-27/h7-22,28-30H,1,23-24H2,2-6H3. The summed E-state index contributed by atoms with van der Waals surface area (Å²) in [6.07, 6.45) is 0.351. The van der Waals surface area contributed by atoms with Crippen molar-refractivity contribution >= 4 is 18.7 Å². The van der Waals surface area contributed by atoms with Gasteiger partial charge < -0.3 is 23.4 Å². The van der Waals surface area contributed by atoms with E-state index in [1.165, 1.54) is 10.4 Å². The van der Waals surface area contributed by atoms with Gasteiger partial charge in [-0.05, 0) is 34.8 Å². The van der Waals surface area contributed by atoms with E-state index in [0.717, 1.165) is 5.56 Å². The summed E-state index contributed by atoms with van der Waals surface area (Å²) >= 11 is 0. The van der Waals surface area contributed by atoms with E-state index in [4.69, 9.17) is 23.4 Å². The first kappa shape index (κ1) is 28.0. The minimum absolute atomic E-state index is 0.179. The van der Waals surface area contributed by atoms with Crippen LogP contribution < -0.4 is 10.4 Å². The van der Waals surface area contributed by atoms with Gasteiger partial charge in [0.1, 0.15) is 17.8 Å². The van der Waals surface area contributed by atoms with Crippen LogP contribution in [-0.4, -0.2) is 44.8 Å². The summed E-state index contributed by atoms with van der Waals surface area (Å²) in [5, 5.41) is 2.23. The molecule has 3 aromatic carbocycles. The first-order valence-electron chi connectivity index (χ1n) is 13.7. The number of hydrogen-bond donors (Lipinski definition) is 0. The van der Waals surface area contributed by atoms with Crippen LogP contribution in [0.25, 0.3) is 0 Å². The van der Waals surface area contributed by atoms with E-state index in [1.807, 2.05) is 50.3 Å². The van der Waals surface area contributed by atoms with E-state index in [9.17, 15) is 0 Å². The van der Waals surface area contributed by atoms with Gasteiger partial charge in [-0.25, -0.2) is 0 Å². The second kappa shape index (κ2) is 10.8. The van der Waals surface area contributed by atoms with Crippen molar-refractivity contribution < 1.29 is 23.4 Å². The number of rotatable bonds is 9. The third-order valence-electron chi connectivity index (χ3n) is 7.75. The van der Waals surface area contributed by atoms with Crippen molar-refractivity contribution in [2.75, 3.05) is 6.61 Å². The van der Waals surface area contributed by atoms with E-state index in [2.05, 4.69) is 88.0 Å². The molecule has 0 radical (unpaired) electrons. The quantitative estimate of drug-likeness (QED) is 0.260. The lowest BCUT2D eigenvalue weighted by Gasteiger charge is -2.45. The summed E-state index contributed by atoms with van der Waals surface area (Å²) in [6, 6.07) is 31.3. The summed E-state index contributed by atoms with van der Waals surface area (Å²) in [5.41, 5.74) is 0.109. The lowest BCUT2D eigenvalue weighted by molar-refractivity contribution is -0.239. The average Bonchev–Trinajstić information content (AvgIpc) is 3.37. The van der Waals surface area contributed by atoms with E-state index < -0.39 is 38.2 Å². The maximum absolute atomic E-state index is 7.30. The largest absolute Gasteiger partial charge is 0.404 e. The van der Waals surface area contributed by atoms with Crippen molar-refractivity contribution in [2.24, 2.45) is 0 Å². The van der Waals surface area contributed by atoms with Crippen LogP contribution in [0, 0.1) is 0 Å². The van der Waals surface area contributed by atoms with Crippen molar-refractivity contribution in [3.8, 4) is 0 Å². The Morgan fingerprint density at radius 3 is 1.87 bits per heavy atom. The normalized spacial score (nSPS) is 26.3. The van der Waals surface area contributed by atoms with Crippen molar-refractivity contribution in [1.82, 2.24) is 0 Å². The summed E-state index contributed by atoms with van der Waals surface area (Å²) in [4.78, 5) is 0. The Hall–Kier alpha value is -2.58. The van der Waals surface area contributed by atoms with Crippen LogP contribution in [0.5, 0.6) is 0 Å². The Kier molecular flexibility index (Phi) is 7.72. The Labute approximate surface area is 233 Å².